The molecule has 0 spiro atoms. The molecule has 5 heteroatoms. The van der Waals surface area contributed by atoms with Crippen LogP contribution in [0.2, 0.25) is 0 Å². The second kappa shape index (κ2) is 6.72. The van der Waals surface area contributed by atoms with Gasteiger partial charge in [0.25, 0.3) is 6.26 Å². The first-order chi connectivity index (χ1) is 9.03. The lowest BCUT2D eigenvalue weighted by atomic mass is 9.94. The van der Waals surface area contributed by atoms with Crippen molar-refractivity contribution >= 4 is 0 Å². The Morgan fingerprint density at radius 3 is 2.63 bits per heavy atom. The Labute approximate surface area is 112 Å². The van der Waals surface area contributed by atoms with E-state index in [0.29, 0.717) is 11.3 Å². The van der Waals surface area contributed by atoms with Gasteiger partial charge in [0.05, 0.1) is 12.1 Å². The van der Waals surface area contributed by atoms with Crippen LogP contribution in [0.5, 0.6) is 5.75 Å². The summed E-state index contributed by atoms with van der Waals surface area (Å²) < 4.78 is 18.8. The second-order valence-electron chi connectivity index (χ2n) is 4.42. The van der Waals surface area contributed by atoms with Crippen molar-refractivity contribution in [3.63, 3.8) is 0 Å². The molecule has 0 radical (unpaired) electrons. The van der Waals surface area contributed by atoms with E-state index in [0.717, 1.165) is 6.42 Å². The van der Waals surface area contributed by atoms with Crippen molar-refractivity contribution in [2.45, 2.75) is 38.6 Å². The zero-order chi connectivity index (χ0) is 14.4. The van der Waals surface area contributed by atoms with Crippen LogP contribution in [0, 0.1) is 28.7 Å². The average Bonchev–Trinajstić information content (AvgIpc) is 2.41. The predicted octanol–water partition coefficient (Wildman–Crippen LogP) is 2.59. The van der Waals surface area contributed by atoms with Crippen LogP contribution in [-0.2, 0) is 6.42 Å². The molecule has 0 aliphatic carbocycles. The molecule has 0 aliphatic rings. The van der Waals surface area contributed by atoms with Crippen LogP contribution >= 0.6 is 0 Å². The molecule has 4 nitrogen and oxygen atoms in total. The summed E-state index contributed by atoms with van der Waals surface area (Å²) in [5.74, 6) is -0.0128. The predicted molar refractivity (Wildman–Crippen MR) is 68.6 cm³/mol. The van der Waals surface area contributed by atoms with Crippen LogP contribution in [0.1, 0.15) is 37.3 Å². The molecule has 0 aliphatic heterocycles. The summed E-state index contributed by atoms with van der Waals surface area (Å²) in [4.78, 5) is 0. The Morgan fingerprint density at radius 2 is 2.11 bits per heavy atom. The molecule has 2 unspecified atom stereocenters. The Hall–Kier alpha value is -2.11. The summed E-state index contributed by atoms with van der Waals surface area (Å²) in [6.07, 6.45) is 2.49. The van der Waals surface area contributed by atoms with E-state index in [1.165, 1.54) is 12.1 Å². The SMILES string of the molecule is CCC(C)c1cc(F)c(CC(N)C#N)cc1OC#N. The Bertz CT molecular complexity index is 531. The topological polar surface area (TPSA) is 82.8 Å². The van der Waals surface area contributed by atoms with Gasteiger partial charge < -0.3 is 10.5 Å². The fourth-order valence-electron chi connectivity index (χ4n) is 1.79. The lowest BCUT2D eigenvalue weighted by Crippen LogP contribution is -2.21. The number of hydrogen-bond acceptors (Lipinski definition) is 4. The quantitative estimate of drug-likeness (QED) is 0.826. The maximum absolute atomic E-state index is 14.0. The fraction of sp³-hybridized carbons (Fsp3) is 0.429. The Balaban J connectivity index is 3.21. The van der Waals surface area contributed by atoms with E-state index in [4.69, 9.17) is 21.0 Å². The summed E-state index contributed by atoms with van der Waals surface area (Å²) in [6, 6.07) is 3.88. The van der Waals surface area contributed by atoms with Crippen molar-refractivity contribution in [2.75, 3.05) is 0 Å². The number of hydrogen-bond donors (Lipinski definition) is 1. The van der Waals surface area contributed by atoms with Gasteiger partial charge in [0.15, 0.2) is 0 Å². The molecular weight excluding hydrogens is 245 g/mol. The Morgan fingerprint density at radius 1 is 1.42 bits per heavy atom. The smallest absolute Gasteiger partial charge is 0.292 e. The first kappa shape index (κ1) is 14.9. The molecule has 0 bridgehead atoms. The lowest BCUT2D eigenvalue weighted by Gasteiger charge is -2.15. The van der Waals surface area contributed by atoms with E-state index in [2.05, 4.69) is 0 Å². The van der Waals surface area contributed by atoms with Gasteiger partial charge >= 0.3 is 0 Å². The van der Waals surface area contributed by atoms with Crippen LogP contribution in [0.3, 0.4) is 0 Å². The van der Waals surface area contributed by atoms with E-state index in [1.807, 2.05) is 19.9 Å². The third kappa shape index (κ3) is 3.67. The highest BCUT2D eigenvalue weighted by Gasteiger charge is 2.17. The highest BCUT2D eigenvalue weighted by Crippen LogP contribution is 2.31. The van der Waals surface area contributed by atoms with Crippen LogP contribution in [0.15, 0.2) is 12.1 Å². The third-order valence-corrected chi connectivity index (χ3v) is 3.08. The Kier molecular flexibility index (Phi) is 5.29. The summed E-state index contributed by atoms with van der Waals surface area (Å²) >= 11 is 0. The first-order valence-corrected chi connectivity index (χ1v) is 6.06. The number of nitrogens with zero attached hydrogens (tertiary/aromatic N) is 2. The van der Waals surface area contributed by atoms with Gasteiger partial charge in [0.2, 0.25) is 0 Å². The van der Waals surface area contributed by atoms with E-state index in [1.54, 1.807) is 6.26 Å². The molecule has 0 saturated carbocycles. The van der Waals surface area contributed by atoms with E-state index < -0.39 is 11.9 Å². The lowest BCUT2D eigenvalue weighted by molar-refractivity contribution is 0.486. The van der Waals surface area contributed by atoms with Crippen LogP contribution < -0.4 is 10.5 Å². The van der Waals surface area contributed by atoms with Crippen molar-refractivity contribution in [3.05, 3.63) is 29.1 Å². The third-order valence-electron chi connectivity index (χ3n) is 3.08. The van der Waals surface area contributed by atoms with E-state index in [9.17, 15) is 4.39 Å². The van der Waals surface area contributed by atoms with Gasteiger partial charge in [-0.3, -0.25) is 0 Å². The molecule has 1 rings (SSSR count). The maximum atomic E-state index is 14.0. The molecule has 2 atom stereocenters. The van der Waals surface area contributed by atoms with Crippen molar-refractivity contribution in [3.8, 4) is 18.1 Å². The van der Waals surface area contributed by atoms with Gasteiger partial charge in [-0.05, 0) is 30.0 Å². The number of ether oxygens (including phenoxy) is 1. The normalized spacial score (nSPS) is 13.2. The van der Waals surface area contributed by atoms with Gasteiger partial charge in [0, 0.05) is 12.0 Å². The molecule has 0 amide bonds. The summed E-state index contributed by atoms with van der Waals surface area (Å²) in [7, 11) is 0. The van der Waals surface area contributed by atoms with Gasteiger partial charge in [-0.1, -0.05) is 13.8 Å². The van der Waals surface area contributed by atoms with Crippen molar-refractivity contribution < 1.29 is 9.13 Å². The largest absolute Gasteiger partial charge is 0.388 e. The number of halogens is 1. The van der Waals surface area contributed by atoms with Crippen molar-refractivity contribution in [1.82, 2.24) is 0 Å². The van der Waals surface area contributed by atoms with Gasteiger partial charge in [0.1, 0.15) is 11.6 Å². The fourth-order valence-corrected chi connectivity index (χ4v) is 1.79. The van der Waals surface area contributed by atoms with Crippen molar-refractivity contribution in [2.24, 2.45) is 5.73 Å². The monoisotopic (exact) mass is 261 g/mol. The van der Waals surface area contributed by atoms with Crippen LogP contribution in [-0.4, -0.2) is 6.04 Å². The minimum Gasteiger partial charge on any atom is -0.388 e. The molecule has 0 aromatic heterocycles. The number of nitrogens with two attached hydrogens (primary N) is 1. The molecule has 1 aromatic rings. The molecule has 2 N–H and O–H groups in total. The molecule has 1 aromatic carbocycles. The molecular formula is C14H16FN3O. The second-order valence-corrected chi connectivity index (χ2v) is 4.42. The molecule has 0 heterocycles. The zero-order valence-electron chi connectivity index (χ0n) is 11.0. The molecule has 0 saturated heterocycles. The van der Waals surface area contributed by atoms with Crippen LogP contribution in [0.25, 0.3) is 0 Å². The van der Waals surface area contributed by atoms with Crippen LogP contribution in [0.4, 0.5) is 4.39 Å². The number of rotatable bonds is 5. The summed E-state index contributed by atoms with van der Waals surface area (Å²) in [6.45, 7) is 3.90. The summed E-state index contributed by atoms with van der Waals surface area (Å²) in [5, 5.41) is 17.3. The molecule has 0 fully saturated rings. The molecule has 19 heavy (non-hydrogen) atoms. The van der Waals surface area contributed by atoms with E-state index >= 15 is 0 Å². The van der Waals surface area contributed by atoms with Crippen molar-refractivity contribution in [1.29, 1.82) is 10.5 Å². The molecule has 100 valence electrons. The van der Waals surface area contributed by atoms with Gasteiger partial charge in [-0.2, -0.15) is 5.26 Å². The number of nitriles is 2. The van der Waals surface area contributed by atoms with Gasteiger partial charge in [-0.25, -0.2) is 4.39 Å². The van der Waals surface area contributed by atoms with Gasteiger partial charge in [-0.15, -0.1) is 5.26 Å². The highest BCUT2D eigenvalue weighted by atomic mass is 19.1. The average molecular weight is 261 g/mol. The first-order valence-electron chi connectivity index (χ1n) is 6.06. The highest BCUT2D eigenvalue weighted by molar-refractivity contribution is 5.41. The maximum Gasteiger partial charge on any atom is 0.292 e. The van der Waals surface area contributed by atoms with E-state index in [-0.39, 0.29) is 17.9 Å². The summed E-state index contributed by atoms with van der Waals surface area (Å²) in [5.41, 5.74) is 6.42. The minimum atomic E-state index is -0.779. The number of benzene rings is 1. The zero-order valence-corrected chi connectivity index (χ0v) is 11.0. The standard InChI is InChI=1S/C14H16FN3O/c1-3-9(2)12-6-13(15)10(4-11(18)7-16)5-14(12)19-8-17/h5-6,9,11H,3-4,18H2,1-2H3. The minimum absolute atomic E-state index is 0.0801.